The highest BCUT2D eigenvalue weighted by molar-refractivity contribution is 7.12. The zero-order chi connectivity index (χ0) is 16.8. The largest absolute Gasteiger partial charge is 0.467 e. The van der Waals surface area contributed by atoms with E-state index < -0.39 is 0 Å². The van der Waals surface area contributed by atoms with Crippen LogP contribution >= 0.6 is 11.3 Å². The summed E-state index contributed by atoms with van der Waals surface area (Å²) < 4.78 is 5.14. The van der Waals surface area contributed by atoms with Crippen LogP contribution in [0.15, 0.2) is 64.6 Å². The number of amides is 3. The Bertz CT molecular complexity index is 813. The van der Waals surface area contributed by atoms with Crippen molar-refractivity contribution in [2.75, 3.05) is 10.6 Å². The Labute approximate surface area is 142 Å². The van der Waals surface area contributed by atoms with Gasteiger partial charge in [0.25, 0.3) is 5.91 Å². The maximum atomic E-state index is 12.0. The van der Waals surface area contributed by atoms with Crippen LogP contribution in [-0.4, -0.2) is 11.9 Å². The molecule has 0 saturated carbocycles. The molecule has 0 atom stereocenters. The second kappa shape index (κ2) is 7.47. The Kier molecular flexibility index (Phi) is 4.93. The number of rotatable bonds is 5. The molecule has 3 rings (SSSR count). The van der Waals surface area contributed by atoms with Gasteiger partial charge in [0.05, 0.1) is 17.7 Å². The molecule has 7 heteroatoms. The lowest BCUT2D eigenvalue weighted by Crippen LogP contribution is -2.28. The van der Waals surface area contributed by atoms with Crippen molar-refractivity contribution in [1.29, 1.82) is 0 Å². The Morgan fingerprint density at radius 1 is 1.00 bits per heavy atom. The molecule has 0 fully saturated rings. The van der Waals surface area contributed by atoms with E-state index in [0.29, 0.717) is 28.6 Å². The molecule has 3 N–H and O–H groups in total. The summed E-state index contributed by atoms with van der Waals surface area (Å²) in [5.74, 6) is 0.492. The van der Waals surface area contributed by atoms with Crippen molar-refractivity contribution in [3.63, 3.8) is 0 Å². The lowest BCUT2D eigenvalue weighted by Gasteiger charge is -2.09. The zero-order valence-electron chi connectivity index (χ0n) is 12.6. The summed E-state index contributed by atoms with van der Waals surface area (Å²) in [5, 5.41) is 10.0. The number of furan rings is 1. The number of carbonyl (C=O) groups is 2. The van der Waals surface area contributed by atoms with E-state index in [4.69, 9.17) is 4.42 Å². The van der Waals surface area contributed by atoms with Crippen LogP contribution in [0.4, 0.5) is 16.2 Å². The molecule has 1 aromatic carbocycles. The SMILES string of the molecule is O=C(NCc1ccco1)Nc1cccc(NC(=O)c2cccs2)c1. The van der Waals surface area contributed by atoms with E-state index in [1.807, 2.05) is 11.4 Å². The van der Waals surface area contributed by atoms with Gasteiger partial charge in [-0.2, -0.15) is 0 Å². The predicted molar refractivity (Wildman–Crippen MR) is 93.3 cm³/mol. The van der Waals surface area contributed by atoms with Crippen LogP contribution in [0, 0.1) is 0 Å². The van der Waals surface area contributed by atoms with Gasteiger partial charge >= 0.3 is 6.03 Å². The van der Waals surface area contributed by atoms with Gasteiger partial charge in [0.15, 0.2) is 0 Å². The third kappa shape index (κ3) is 4.23. The highest BCUT2D eigenvalue weighted by Crippen LogP contribution is 2.17. The van der Waals surface area contributed by atoms with Gasteiger partial charge in [-0.1, -0.05) is 12.1 Å². The molecular formula is C17H15N3O3S. The van der Waals surface area contributed by atoms with Crippen molar-refractivity contribution in [2.45, 2.75) is 6.54 Å². The molecule has 3 amide bonds. The molecule has 0 saturated heterocycles. The minimum absolute atomic E-state index is 0.176. The van der Waals surface area contributed by atoms with Crippen LogP contribution in [0.5, 0.6) is 0 Å². The Morgan fingerprint density at radius 2 is 1.83 bits per heavy atom. The van der Waals surface area contributed by atoms with Crippen molar-refractivity contribution in [1.82, 2.24) is 5.32 Å². The summed E-state index contributed by atoms with van der Waals surface area (Å²) >= 11 is 1.37. The average molecular weight is 341 g/mol. The van der Waals surface area contributed by atoms with Crippen LogP contribution in [0.25, 0.3) is 0 Å². The minimum atomic E-state index is -0.354. The van der Waals surface area contributed by atoms with E-state index in [9.17, 15) is 9.59 Å². The average Bonchev–Trinajstić information content (AvgIpc) is 3.27. The molecule has 0 spiro atoms. The lowest BCUT2D eigenvalue weighted by atomic mass is 10.2. The number of carbonyl (C=O) groups excluding carboxylic acids is 2. The number of benzene rings is 1. The summed E-state index contributed by atoms with van der Waals surface area (Å²) in [4.78, 5) is 24.5. The minimum Gasteiger partial charge on any atom is -0.467 e. The second-order valence-corrected chi connectivity index (χ2v) is 5.85. The number of urea groups is 1. The van der Waals surface area contributed by atoms with Crippen molar-refractivity contribution in [3.05, 3.63) is 70.8 Å². The van der Waals surface area contributed by atoms with E-state index in [-0.39, 0.29) is 11.9 Å². The summed E-state index contributed by atoms with van der Waals surface area (Å²) in [6.45, 7) is 0.299. The van der Waals surface area contributed by atoms with Crippen molar-refractivity contribution >= 4 is 34.6 Å². The fourth-order valence-corrected chi connectivity index (χ4v) is 2.65. The first-order valence-electron chi connectivity index (χ1n) is 7.23. The lowest BCUT2D eigenvalue weighted by molar-refractivity contribution is 0.103. The monoisotopic (exact) mass is 341 g/mol. The summed E-state index contributed by atoms with van der Waals surface area (Å²) in [5.41, 5.74) is 1.19. The summed E-state index contributed by atoms with van der Waals surface area (Å²) in [6, 6.07) is 13.7. The van der Waals surface area contributed by atoms with Gasteiger partial charge in [-0.15, -0.1) is 11.3 Å². The van der Waals surface area contributed by atoms with Gasteiger partial charge in [-0.05, 0) is 41.8 Å². The molecule has 0 unspecified atom stereocenters. The fourth-order valence-electron chi connectivity index (χ4n) is 2.03. The first kappa shape index (κ1) is 15.8. The number of hydrogen-bond acceptors (Lipinski definition) is 4. The molecule has 24 heavy (non-hydrogen) atoms. The Hall–Kier alpha value is -3.06. The van der Waals surface area contributed by atoms with Crippen LogP contribution in [0.3, 0.4) is 0 Å². The molecule has 0 radical (unpaired) electrons. The number of thiophene rings is 1. The molecule has 0 bridgehead atoms. The van der Waals surface area contributed by atoms with Crippen molar-refractivity contribution < 1.29 is 14.0 Å². The van der Waals surface area contributed by atoms with Gasteiger partial charge in [0.1, 0.15) is 5.76 Å². The van der Waals surface area contributed by atoms with Crippen molar-refractivity contribution in [3.8, 4) is 0 Å². The van der Waals surface area contributed by atoms with E-state index in [2.05, 4.69) is 16.0 Å². The highest BCUT2D eigenvalue weighted by Gasteiger charge is 2.08. The molecule has 0 aliphatic carbocycles. The number of nitrogens with one attached hydrogen (secondary N) is 3. The standard InChI is InChI=1S/C17H15N3O3S/c21-16(15-7-3-9-24-15)19-12-4-1-5-13(10-12)20-17(22)18-11-14-6-2-8-23-14/h1-10H,11H2,(H,19,21)(H2,18,20,22). The number of anilines is 2. The summed E-state index contributed by atoms with van der Waals surface area (Å²) in [6.07, 6.45) is 1.55. The molecule has 6 nitrogen and oxygen atoms in total. The van der Waals surface area contributed by atoms with E-state index in [1.54, 1.807) is 48.7 Å². The molecule has 2 heterocycles. The second-order valence-electron chi connectivity index (χ2n) is 4.90. The normalized spacial score (nSPS) is 10.2. The van der Waals surface area contributed by atoms with Crippen LogP contribution in [-0.2, 0) is 6.54 Å². The third-order valence-electron chi connectivity index (χ3n) is 3.13. The molecule has 122 valence electrons. The third-order valence-corrected chi connectivity index (χ3v) is 4.00. The smallest absolute Gasteiger partial charge is 0.319 e. The van der Waals surface area contributed by atoms with Gasteiger partial charge in [0, 0.05) is 11.4 Å². The van der Waals surface area contributed by atoms with Crippen molar-refractivity contribution in [2.24, 2.45) is 0 Å². The van der Waals surface area contributed by atoms with Gasteiger partial charge in [0.2, 0.25) is 0 Å². The Balaban J connectivity index is 1.56. The predicted octanol–water partition coefficient (Wildman–Crippen LogP) is 3.92. The number of hydrogen-bond donors (Lipinski definition) is 3. The first-order chi connectivity index (χ1) is 11.7. The van der Waals surface area contributed by atoms with Crippen LogP contribution in [0.1, 0.15) is 15.4 Å². The maximum absolute atomic E-state index is 12.0. The molecular weight excluding hydrogens is 326 g/mol. The fraction of sp³-hybridized carbons (Fsp3) is 0.0588. The molecule has 0 aliphatic heterocycles. The topological polar surface area (TPSA) is 83.4 Å². The van der Waals surface area contributed by atoms with Gasteiger partial charge in [-0.25, -0.2) is 4.79 Å². The first-order valence-corrected chi connectivity index (χ1v) is 8.11. The maximum Gasteiger partial charge on any atom is 0.319 e. The zero-order valence-corrected chi connectivity index (χ0v) is 13.4. The van der Waals surface area contributed by atoms with E-state index in [0.717, 1.165) is 0 Å². The van der Waals surface area contributed by atoms with E-state index >= 15 is 0 Å². The quantitative estimate of drug-likeness (QED) is 0.658. The van der Waals surface area contributed by atoms with Gasteiger partial charge in [-0.3, -0.25) is 4.79 Å². The van der Waals surface area contributed by atoms with Crippen LogP contribution in [0.2, 0.25) is 0 Å². The summed E-state index contributed by atoms with van der Waals surface area (Å²) in [7, 11) is 0. The highest BCUT2D eigenvalue weighted by atomic mass is 32.1. The van der Waals surface area contributed by atoms with Crippen LogP contribution < -0.4 is 16.0 Å². The van der Waals surface area contributed by atoms with E-state index in [1.165, 1.54) is 11.3 Å². The molecule has 0 aliphatic rings. The van der Waals surface area contributed by atoms with Gasteiger partial charge < -0.3 is 20.4 Å². The Morgan fingerprint density at radius 3 is 2.54 bits per heavy atom. The molecule has 2 aromatic heterocycles. The molecule has 3 aromatic rings.